The lowest BCUT2D eigenvalue weighted by Gasteiger charge is -2.40. The first kappa shape index (κ1) is 16.7. The average Bonchev–Trinajstić information content (AvgIpc) is 3.44. The Kier molecular flexibility index (Phi) is 5.01. The largest absolute Gasteiger partial charge is 0.497 e. The maximum Gasteiger partial charge on any atom is 0.251 e. The van der Waals surface area contributed by atoms with E-state index in [-0.39, 0.29) is 24.5 Å². The standard InChI is InChI=1S/C17H23N3O4/c1-23-13-6-2-11(3-7-13)15-16(17(22)19-9-8-18)24-10-14(21)20(15)12-4-5-12/h2-3,6-7,12,15-16H,4-5,8-10,18H2,1H3,(H,19,22)/t15-,16+/m1/s1. The van der Waals surface area contributed by atoms with Crippen LogP contribution in [-0.2, 0) is 14.3 Å². The van der Waals surface area contributed by atoms with Crippen molar-refractivity contribution >= 4 is 11.8 Å². The number of nitrogens with zero attached hydrogens (tertiary/aromatic N) is 1. The molecular weight excluding hydrogens is 310 g/mol. The van der Waals surface area contributed by atoms with E-state index < -0.39 is 12.1 Å². The quantitative estimate of drug-likeness (QED) is 0.776. The Morgan fingerprint density at radius 1 is 1.38 bits per heavy atom. The number of amides is 2. The molecule has 3 rings (SSSR count). The van der Waals surface area contributed by atoms with Crippen LogP contribution >= 0.6 is 0 Å². The first-order chi connectivity index (χ1) is 11.7. The van der Waals surface area contributed by atoms with E-state index in [2.05, 4.69) is 5.32 Å². The molecule has 2 amide bonds. The van der Waals surface area contributed by atoms with Crippen LogP contribution in [0.15, 0.2) is 24.3 Å². The van der Waals surface area contributed by atoms with Crippen molar-refractivity contribution in [2.75, 3.05) is 26.8 Å². The van der Waals surface area contributed by atoms with Gasteiger partial charge in [0.2, 0.25) is 5.91 Å². The Balaban J connectivity index is 1.90. The van der Waals surface area contributed by atoms with Gasteiger partial charge in [0.15, 0.2) is 6.10 Å². The lowest BCUT2D eigenvalue weighted by Crippen LogP contribution is -2.55. The summed E-state index contributed by atoms with van der Waals surface area (Å²) in [6, 6.07) is 7.18. The van der Waals surface area contributed by atoms with E-state index >= 15 is 0 Å². The number of morpholine rings is 1. The van der Waals surface area contributed by atoms with Gasteiger partial charge in [-0.15, -0.1) is 0 Å². The average molecular weight is 333 g/mol. The van der Waals surface area contributed by atoms with Crippen molar-refractivity contribution < 1.29 is 19.1 Å². The van der Waals surface area contributed by atoms with Crippen molar-refractivity contribution in [3.8, 4) is 5.75 Å². The number of hydrogen-bond donors (Lipinski definition) is 2. The molecule has 2 fully saturated rings. The third-order valence-electron chi connectivity index (χ3n) is 4.36. The summed E-state index contributed by atoms with van der Waals surface area (Å²) in [6.07, 6.45) is 1.20. The van der Waals surface area contributed by atoms with Gasteiger partial charge in [0.05, 0.1) is 13.2 Å². The highest BCUT2D eigenvalue weighted by atomic mass is 16.5. The number of carbonyl (C=O) groups excluding carboxylic acids is 2. The fraction of sp³-hybridized carbons (Fsp3) is 0.529. The van der Waals surface area contributed by atoms with Crippen LogP contribution < -0.4 is 15.8 Å². The molecule has 7 heteroatoms. The molecule has 1 aromatic rings. The maximum absolute atomic E-state index is 12.5. The summed E-state index contributed by atoms with van der Waals surface area (Å²) < 4.78 is 10.8. The van der Waals surface area contributed by atoms with Crippen molar-refractivity contribution in [2.45, 2.75) is 31.0 Å². The van der Waals surface area contributed by atoms with Gasteiger partial charge < -0.3 is 25.4 Å². The molecule has 0 aromatic heterocycles. The summed E-state index contributed by atoms with van der Waals surface area (Å²) in [5.74, 6) is 0.421. The number of ether oxygens (including phenoxy) is 2. The third-order valence-corrected chi connectivity index (χ3v) is 4.36. The van der Waals surface area contributed by atoms with E-state index in [9.17, 15) is 9.59 Å². The summed E-state index contributed by atoms with van der Waals surface area (Å²) in [7, 11) is 1.60. The van der Waals surface area contributed by atoms with Crippen molar-refractivity contribution in [3.05, 3.63) is 29.8 Å². The molecule has 1 saturated heterocycles. The number of hydrogen-bond acceptors (Lipinski definition) is 5. The van der Waals surface area contributed by atoms with E-state index in [1.807, 2.05) is 29.2 Å². The Hall–Kier alpha value is -2.12. The van der Waals surface area contributed by atoms with Gasteiger partial charge in [-0.25, -0.2) is 0 Å². The van der Waals surface area contributed by atoms with Gasteiger partial charge in [-0.3, -0.25) is 9.59 Å². The molecular formula is C17H23N3O4. The van der Waals surface area contributed by atoms with E-state index in [1.54, 1.807) is 7.11 Å². The highest BCUT2D eigenvalue weighted by molar-refractivity contribution is 5.86. The topological polar surface area (TPSA) is 93.9 Å². The van der Waals surface area contributed by atoms with Gasteiger partial charge in [-0.05, 0) is 30.5 Å². The van der Waals surface area contributed by atoms with Crippen molar-refractivity contribution in [1.29, 1.82) is 0 Å². The second-order valence-corrected chi connectivity index (χ2v) is 6.06. The Morgan fingerprint density at radius 3 is 2.67 bits per heavy atom. The molecule has 0 spiro atoms. The molecule has 0 radical (unpaired) electrons. The number of methoxy groups -OCH3 is 1. The molecule has 1 aliphatic heterocycles. The fourth-order valence-electron chi connectivity index (χ4n) is 3.06. The first-order valence-electron chi connectivity index (χ1n) is 8.20. The lowest BCUT2D eigenvalue weighted by atomic mass is 9.96. The molecule has 1 aromatic carbocycles. The predicted octanol–water partition coefficient (Wildman–Crippen LogP) is 0.201. The van der Waals surface area contributed by atoms with Crippen molar-refractivity contribution in [1.82, 2.24) is 10.2 Å². The number of nitrogens with two attached hydrogens (primary N) is 1. The van der Waals surface area contributed by atoms with E-state index in [4.69, 9.17) is 15.2 Å². The van der Waals surface area contributed by atoms with Crippen LogP contribution in [0.4, 0.5) is 0 Å². The summed E-state index contributed by atoms with van der Waals surface area (Å²) >= 11 is 0. The zero-order valence-electron chi connectivity index (χ0n) is 13.7. The molecule has 1 aliphatic carbocycles. The predicted molar refractivity (Wildman–Crippen MR) is 87.4 cm³/mol. The van der Waals surface area contributed by atoms with E-state index in [0.29, 0.717) is 13.1 Å². The Labute approximate surface area is 141 Å². The molecule has 2 aliphatic rings. The first-order valence-corrected chi connectivity index (χ1v) is 8.20. The molecule has 2 atom stereocenters. The monoisotopic (exact) mass is 333 g/mol. The molecule has 0 bridgehead atoms. The fourth-order valence-corrected chi connectivity index (χ4v) is 3.06. The molecule has 24 heavy (non-hydrogen) atoms. The highest BCUT2D eigenvalue weighted by Crippen LogP contribution is 2.39. The van der Waals surface area contributed by atoms with Crippen LogP contribution in [0, 0.1) is 0 Å². The van der Waals surface area contributed by atoms with E-state index in [1.165, 1.54) is 0 Å². The Morgan fingerprint density at radius 2 is 2.08 bits per heavy atom. The highest BCUT2D eigenvalue weighted by Gasteiger charge is 2.47. The van der Waals surface area contributed by atoms with Crippen LogP contribution in [0.1, 0.15) is 24.4 Å². The van der Waals surface area contributed by atoms with Gasteiger partial charge in [0, 0.05) is 19.1 Å². The van der Waals surface area contributed by atoms with E-state index in [0.717, 1.165) is 24.2 Å². The maximum atomic E-state index is 12.5. The van der Waals surface area contributed by atoms with Gasteiger partial charge in [0.1, 0.15) is 12.4 Å². The minimum atomic E-state index is -0.733. The minimum absolute atomic E-state index is 0.0656. The van der Waals surface area contributed by atoms with Crippen LogP contribution in [0.25, 0.3) is 0 Å². The van der Waals surface area contributed by atoms with Crippen molar-refractivity contribution in [2.24, 2.45) is 5.73 Å². The number of rotatable bonds is 6. The summed E-state index contributed by atoms with van der Waals surface area (Å²) in [5, 5.41) is 2.77. The number of carbonyl (C=O) groups is 2. The van der Waals surface area contributed by atoms with Crippen LogP contribution in [0.2, 0.25) is 0 Å². The summed E-state index contributed by atoms with van der Waals surface area (Å²) in [4.78, 5) is 26.7. The number of benzene rings is 1. The molecule has 1 heterocycles. The van der Waals surface area contributed by atoms with Crippen LogP contribution in [-0.4, -0.2) is 55.7 Å². The molecule has 1 saturated carbocycles. The third kappa shape index (κ3) is 3.37. The summed E-state index contributed by atoms with van der Waals surface area (Å²) in [6.45, 7) is 0.673. The smallest absolute Gasteiger partial charge is 0.251 e. The second-order valence-electron chi connectivity index (χ2n) is 6.06. The molecule has 130 valence electrons. The van der Waals surface area contributed by atoms with Gasteiger partial charge in [0.25, 0.3) is 5.91 Å². The SMILES string of the molecule is COc1ccc([C@@H]2[C@@H](C(=O)NCCN)OCC(=O)N2C2CC2)cc1. The molecule has 3 N–H and O–H groups in total. The summed E-state index contributed by atoms with van der Waals surface area (Å²) in [5.41, 5.74) is 6.32. The molecule has 7 nitrogen and oxygen atoms in total. The minimum Gasteiger partial charge on any atom is -0.497 e. The second kappa shape index (κ2) is 7.19. The normalized spacial score (nSPS) is 23.9. The van der Waals surface area contributed by atoms with Gasteiger partial charge in [-0.1, -0.05) is 12.1 Å². The van der Waals surface area contributed by atoms with Crippen molar-refractivity contribution in [3.63, 3.8) is 0 Å². The van der Waals surface area contributed by atoms with Crippen LogP contribution in [0.5, 0.6) is 5.75 Å². The molecule has 0 unspecified atom stereocenters. The van der Waals surface area contributed by atoms with Crippen LogP contribution in [0.3, 0.4) is 0 Å². The zero-order valence-corrected chi connectivity index (χ0v) is 13.7. The zero-order chi connectivity index (χ0) is 17.1. The van der Waals surface area contributed by atoms with Gasteiger partial charge in [-0.2, -0.15) is 0 Å². The number of nitrogens with one attached hydrogen (secondary N) is 1. The lowest BCUT2D eigenvalue weighted by molar-refractivity contribution is -0.165. The van der Waals surface area contributed by atoms with Gasteiger partial charge >= 0.3 is 0 Å². The Bertz CT molecular complexity index is 600.